The third kappa shape index (κ3) is 9.38. The number of hydrogen-bond donors (Lipinski definition) is 1. The van der Waals surface area contributed by atoms with Gasteiger partial charge in [-0.2, -0.15) is 0 Å². The Morgan fingerprint density at radius 2 is 1.80 bits per heavy atom. The van der Waals surface area contributed by atoms with E-state index >= 15 is 0 Å². The van der Waals surface area contributed by atoms with Crippen LogP contribution in [-0.2, 0) is 16.1 Å². The highest BCUT2D eigenvalue weighted by atomic mass is 16.5. The molecule has 0 aliphatic carbocycles. The smallest absolute Gasteiger partial charge is 0.119 e. The molecule has 0 saturated heterocycles. The molecule has 25 heavy (non-hydrogen) atoms. The van der Waals surface area contributed by atoms with Crippen molar-refractivity contribution in [1.29, 1.82) is 0 Å². The number of rotatable bonds is 13. The SMILES string of the molecule is CC(C)OCCOCc1ccc(OCC(O)CN(N=O)C(C)C)cc1. The van der Waals surface area contributed by atoms with E-state index in [9.17, 15) is 10.0 Å². The lowest BCUT2D eigenvalue weighted by Crippen LogP contribution is -2.36. The van der Waals surface area contributed by atoms with E-state index in [4.69, 9.17) is 14.2 Å². The van der Waals surface area contributed by atoms with Crippen LogP contribution in [0.25, 0.3) is 0 Å². The Bertz CT molecular complexity index is 479. The minimum atomic E-state index is -0.788. The van der Waals surface area contributed by atoms with Gasteiger partial charge in [-0.15, -0.1) is 4.91 Å². The van der Waals surface area contributed by atoms with Gasteiger partial charge in [0.1, 0.15) is 18.5 Å². The summed E-state index contributed by atoms with van der Waals surface area (Å²) in [6.45, 7) is 9.55. The van der Waals surface area contributed by atoms with Crippen molar-refractivity contribution < 1.29 is 19.3 Å². The molecule has 0 amide bonds. The van der Waals surface area contributed by atoms with Crippen molar-refractivity contribution in [2.24, 2.45) is 5.29 Å². The minimum Gasteiger partial charge on any atom is -0.491 e. The molecule has 142 valence electrons. The Morgan fingerprint density at radius 3 is 2.36 bits per heavy atom. The van der Waals surface area contributed by atoms with Crippen LogP contribution in [0.4, 0.5) is 0 Å². The fraction of sp³-hybridized carbons (Fsp3) is 0.667. The Balaban J connectivity index is 2.28. The van der Waals surface area contributed by atoms with E-state index < -0.39 is 6.10 Å². The van der Waals surface area contributed by atoms with E-state index in [1.165, 1.54) is 5.01 Å². The standard InChI is InChI=1S/C18H30N2O5/c1-14(2)20(19-22)11-17(21)13-25-18-7-5-16(6-8-18)12-23-9-10-24-15(3)4/h5-8,14-15,17,21H,9-13H2,1-4H3. The molecular formula is C18H30N2O5. The van der Waals surface area contributed by atoms with Crippen LogP contribution in [-0.4, -0.2) is 54.7 Å². The molecule has 0 aromatic heterocycles. The van der Waals surface area contributed by atoms with E-state index in [0.29, 0.717) is 25.6 Å². The van der Waals surface area contributed by atoms with Gasteiger partial charge in [-0.05, 0) is 45.4 Å². The van der Waals surface area contributed by atoms with Crippen molar-refractivity contribution in [3.8, 4) is 5.75 Å². The highest BCUT2D eigenvalue weighted by Crippen LogP contribution is 2.13. The number of aliphatic hydroxyl groups excluding tert-OH is 1. The van der Waals surface area contributed by atoms with Crippen molar-refractivity contribution >= 4 is 0 Å². The normalized spacial score (nSPS) is 12.4. The Hall–Kier alpha value is -1.70. The summed E-state index contributed by atoms with van der Waals surface area (Å²) in [5.74, 6) is 0.654. The van der Waals surface area contributed by atoms with Crippen LogP contribution in [0.5, 0.6) is 5.75 Å². The van der Waals surface area contributed by atoms with Crippen LogP contribution in [0, 0.1) is 4.91 Å². The first-order chi connectivity index (χ1) is 11.9. The zero-order chi connectivity index (χ0) is 18.7. The van der Waals surface area contributed by atoms with Gasteiger partial charge in [0.15, 0.2) is 0 Å². The number of nitroso groups, excluding NO2 is 1. The number of aliphatic hydroxyl groups is 1. The molecule has 7 heteroatoms. The average Bonchev–Trinajstić information content (AvgIpc) is 2.58. The minimum absolute atomic E-state index is 0.0580. The van der Waals surface area contributed by atoms with Crippen molar-refractivity contribution in [3.63, 3.8) is 0 Å². The highest BCUT2D eigenvalue weighted by Gasteiger charge is 2.14. The van der Waals surface area contributed by atoms with Gasteiger partial charge in [0.05, 0.1) is 37.8 Å². The topological polar surface area (TPSA) is 80.6 Å². The van der Waals surface area contributed by atoms with E-state index in [0.717, 1.165) is 5.56 Å². The monoisotopic (exact) mass is 354 g/mol. The second-order valence-electron chi connectivity index (χ2n) is 6.38. The third-order valence-electron chi connectivity index (χ3n) is 3.41. The predicted molar refractivity (Wildman–Crippen MR) is 96.3 cm³/mol. The number of nitrogens with zero attached hydrogens (tertiary/aromatic N) is 2. The Kier molecular flexibility index (Phi) is 10.1. The van der Waals surface area contributed by atoms with Crippen molar-refractivity contribution in [3.05, 3.63) is 34.7 Å². The van der Waals surface area contributed by atoms with Gasteiger partial charge >= 0.3 is 0 Å². The van der Waals surface area contributed by atoms with E-state index in [2.05, 4.69) is 5.29 Å². The summed E-state index contributed by atoms with van der Waals surface area (Å²) in [7, 11) is 0. The van der Waals surface area contributed by atoms with E-state index in [-0.39, 0.29) is 25.3 Å². The molecule has 0 saturated carbocycles. The fourth-order valence-corrected chi connectivity index (χ4v) is 2.01. The molecule has 1 aromatic rings. The molecule has 1 rings (SSSR count). The Morgan fingerprint density at radius 1 is 1.12 bits per heavy atom. The number of hydrogen-bond acceptors (Lipinski definition) is 6. The Labute approximate surface area is 149 Å². The van der Waals surface area contributed by atoms with Crippen LogP contribution >= 0.6 is 0 Å². The average molecular weight is 354 g/mol. The molecule has 0 bridgehead atoms. The summed E-state index contributed by atoms with van der Waals surface area (Å²) in [6, 6.07) is 7.43. The first-order valence-electron chi connectivity index (χ1n) is 8.61. The highest BCUT2D eigenvalue weighted by molar-refractivity contribution is 5.26. The second kappa shape index (κ2) is 11.8. The molecular weight excluding hydrogens is 324 g/mol. The molecule has 1 atom stereocenters. The van der Waals surface area contributed by atoms with Crippen LogP contribution in [0.1, 0.15) is 33.3 Å². The summed E-state index contributed by atoms with van der Waals surface area (Å²) < 4.78 is 16.5. The first kappa shape index (κ1) is 21.3. The first-order valence-corrected chi connectivity index (χ1v) is 8.61. The quantitative estimate of drug-likeness (QED) is 0.333. The number of benzene rings is 1. The lowest BCUT2D eigenvalue weighted by molar-refractivity contribution is 0.0143. The summed E-state index contributed by atoms with van der Waals surface area (Å²) in [6.07, 6.45) is -0.575. The molecule has 1 aromatic carbocycles. The lowest BCUT2D eigenvalue weighted by Gasteiger charge is -2.22. The van der Waals surface area contributed by atoms with Crippen molar-refractivity contribution in [1.82, 2.24) is 5.01 Å². The van der Waals surface area contributed by atoms with Gasteiger partial charge in [0, 0.05) is 6.04 Å². The van der Waals surface area contributed by atoms with Crippen LogP contribution in [0.15, 0.2) is 29.6 Å². The van der Waals surface area contributed by atoms with Gasteiger partial charge in [0.2, 0.25) is 0 Å². The van der Waals surface area contributed by atoms with Gasteiger partial charge in [-0.3, -0.25) is 5.01 Å². The molecule has 0 radical (unpaired) electrons. The zero-order valence-corrected chi connectivity index (χ0v) is 15.6. The molecule has 1 N–H and O–H groups in total. The predicted octanol–water partition coefficient (Wildman–Crippen LogP) is 2.76. The lowest BCUT2D eigenvalue weighted by atomic mass is 10.2. The molecule has 0 aliphatic heterocycles. The van der Waals surface area contributed by atoms with Gasteiger partial charge in [-0.25, -0.2) is 0 Å². The van der Waals surface area contributed by atoms with E-state index in [1.807, 2.05) is 52.0 Å². The molecule has 0 heterocycles. The molecule has 0 aliphatic rings. The van der Waals surface area contributed by atoms with Crippen molar-refractivity contribution in [2.75, 3.05) is 26.4 Å². The summed E-state index contributed by atoms with van der Waals surface area (Å²) in [5, 5.41) is 14.1. The zero-order valence-electron chi connectivity index (χ0n) is 15.6. The van der Waals surface area contributed by atoms with Gasteiger partial charge in [-0.1, -0.05) is 12.1 Å². The molecule has 1 unspecified atom stereocenters. The largest absolute Gasteiger partial charge is 0.491 e. The van der Waals surface area contributed by atoms with Crippen LogP contribution in [0.2, 0.25) is 0 Å². The van der Waals surface area contributed by atoms with Crippen LogP contribution < -0.4 is 4.74 Å². The fourth-order valence-electron chi connectivity index (χ4n) is 2.01. The second-order valence-corrected chi connectivity index (χ2v) is 6.38. The third-order valence-corrected chi connectivity index (χ3v) is 3.41. The van der Waals surface area contributed by atoms with Crippen LogP contribution in [0.3, 0.4) is 0 Å². The summed E-state index contributed by atoms with van der Waals surface area (Å²) >= 11 is 0. The molecule has 0 fully saturated rings. The van der Waals surface area contributed by atoms with Gasteiger partial charge in [0.25, 0.3) is 0 Å². The summed E-state index contributed by atoms with van der Waals surface area (Å²) in [4.78, 5) is 10.7. The van der Waals surface area contributed by atoms with E-state index in [1.54, 1.807) is 0 Å². The number of ether oxygens (including phenoxy) is 3. The molecule has 0 spiro atoms. The summed E-state index contributed by atoms with van der Waals surface area (Å²) in [5.41, 5.74) is 1.04. The van der Waals surface area contributed by atoms with Crippen molar-refractivity contribution in [2.45, 2.75) is 52.6 Å². The van der Waals surface area contributed by atoms with Gasteiger partial charge < -0.3 is 19.3 Å². The maximum atomic E-state index is 10.7. The maximum absolute atomic E-state index is 10.7. The molecule has 7 nitrogen and oxygen atoms in total. The maximum Gasteiger partial charge on any atom is 0.119 e.